The molecule has 2 unspecified atom stereocenters. The first kappa shape index (κ1) is 26.9. The number of aryl methyl sites for hydroxylation is 2. The third-order valence-corrected chi connectivity index (χ3v) is 6.36. The highest BCUT2D eigenvalue weighted by Crippen LogP contribution is 2.25. The van der Waals surface area contributed by atoms with Crippen LogP contribution >= 0.6 is 17.0 Å². The van der Waals surface area contributed by atoms with Gasteiger partial charge >= 0.3 is 0 Å². The number of hydrogen-bond acceptors (Lipinski definition) is 4. The first-order chi connectivity index (χ1) is 16.5. The molecule has 7 heteroatoms. The molecular weight excluding hydrogens is 504 g/mol. The predicted molar refractivity (Wildman–Crippen MR) is 146 cm³/mol. The molecule has 4 aromatic rings. The van der Waals surface area contributed by atoms with E-state index in [-0.39, 0.29) is 29.1 Å². The van der Waals surface area contributed by atoms with Crippen LogP contribution in [0.3, 0.4) is 0 Å². The van der Waals surface area contributed by atoms with Gasteiger partial charge in [0.05, 0.1) is 37.4 Å². The number of benzene rings is 2. The Morgan fingerprint density at radius 3 is 2.23 bits per heavy atom. The van der Waals surface area contributed by atoms with Crippen LogP contribution < -0.4 is 5.62 Å². The Hall–Kier alpha value is -2.74. The number of fused-ring (bicyclic) bond motifs is 1. The number of methoxy groups -OCH3 is 1. The second-order valence-corrected chi connectivity index (χ2v) is 8.91. The average molecular weight is 540 g/mol. The van der Waals surface area contributed by atoms with Gasteiger partial charge in [-0.1, -0.05) is 59.7 Å². The van der Waals surface area contributed by atoms with Crippen LogP contribution in [-0.4, -0.2) is 41.0 Å². The van der Waals surface area contributed by atoms with Gasteiger partial charge in [-0.05, 0) is 50.5 Å². The molecule has 0 saturated heterocycles. The van der Waals surface area contributed by atoms with Gasteiger partial charge in [-0.15, -0.1) is 17.0 Å². The molecule has 186 valence electrons. The number of nitrogens with zero attached hydrogens (tertiary/aromatic N) is 3. The van der Waals surface area contributed by atoms with Crippen molar-refractivity contribution in [3.8, 4) is 0 Å². The lowest BCUT2D eigenvalue weighted by molar-refractivity contribution is 0.0530. The fraction of sp³-hybridized carbons (Fsp3) is 0.357. The molecule has 0 radical (unpaired) electrons. The zero-order valence-corrected chi connectivity index (χ0v) is 22.6. The van der Waals surface area contributed by atoms with Crippen LogP contribution in [0, 0.1) is 19.3 Å². The van der Waals surface area contributed by atoms with E-state index in [2.05, 4.69) is 79.9 Å². The molecule has 2 aromatic heterocycles. The molecule has 0 bridgehead atoms. The molecule has 0 aliphatic rings. The van der Waals surface area contributed by atoms with Gasteiger partial charge in [-0.2, -0.15) is 0 Å². The fourth-order valence-electron chi connectivity index (χ4n) is 4.41. The molecule has 0 aliphatic heterocycles. The number of hydrogen-bond donors (Lipinski definition) is 1. The largest absolute Gasteiger partial charge is 0.382 e. The summed E-state index contributed by atoms with van der Waals surface area (Å²) in [4.78, 5) is 4.72. The Kier molecular flexibility index (Phi) is 9.43. The summed E-state index contributed by atoms with van der Waals surface area (Å²) >= 11 is 0. The van der Waals surface area contributed by atoms with Crippen molar-refractivity contribution in [3.05, 3.63) is 94.7 Å². The van der Waals surface area contributed by atoms with Crippen molar-refractivity contribution in [1.29, 1.82) is 5.41 Å². The lowest BCUT2D eigenvalue weighted by Crippen LogP contribution is -2.33. The van der Waals surface area contributed by atoms with E-state index in [0.717, 1.165) is 17.6 Å². The van der Waals surface area contributed by atoms with Crippen LogP contribution in [0.5, 0.6) is 0 Å². The van der Waals surface area contributed by atoms with E-state index in [1.165, 1.54) is 22.3 Å². The van der Waals surface area contributed by atoms with Gasteiger partial charge < -0.3 is 14.0 Å². The number of nitrogens with one attached hydrogen (secondary N) is 1. The SMILES string of the molecule is Br.COCCOCC(Cc1ccc(C)cc1)n1c(=N)n(C(C)c2ccc(C)cc2)c2cccnc21. The smallest absolute Gasteiger partial charge is 0.205 e. The van der Waals surface area contributed by atoms with E-state index >= 15 is 0 Å². The van der Waals surface area contributed by atoms with Crippen molar-refractivity contribution >= 4 is 28.1 Å². The lowest BCUT2D eigenvalue weighted by Gasteiger charge is -2.20. The first-order valence-corrected chi connectivity index (χ1v) is 11.8. The number of halogens is 1. The van der Waals surface area contributed by atoms with E-state index in [1.807, 2.05) is 10.6 Å². The van der Waals surface area contributed by atoms with Crippen molar-refractivity contribution < 1.29 is 9.47 Å². The summed E-state index contributed by atoms with van der Waals surface area (Å²) in [5.74, 6) is 0. The third-order valence-electron chi connectivity index (χ3n) is 6.36. The summed E-state index contributed by atoms with van der Waals surface area (Å²) in [6.45, 7) is 7.86. The highest BCUT2D eigenvalue weighted by Gasteiger charge is 2.23. The molecule has 0 amide bonds. The summed E-state index contributed by atoms with van der Waals surface area (Å²) in [5.41, 5.74) is 7.01. The Morgan fingerprint density at radius 1 is 0.914 bits per heavy atom. The molecule has 2 aromatic carbocycles. The van der Waals surface area contributed by atoms with Gasteiger partial charge in [0.15, 0.2) is 5.65 Å². The number of aromatic nitrogens is 3. The topological polar surface area (TPSA) is 65.1 Å². The molecular formula is C28H35BrN4O2. The van der Waals surface area contributed by atoms with Crippen molar-refractivity contribution in [1.82, 2.24) is 14.1 Å². The van der Waals surface area contributed by atoms with E-state index < -0.39 is 0 Å². The molecule has 0 fully saturated rings. The quantitative estimate of drug-likeness (QED) is 0.268. The second kappa shape index (κ2) is 12.3. The number of pyridine rings is 1. The predicted octanol–water partition coefficient (Wildman–Crippen LogP) is 5.57. The highest BCUT2D eigenvalue weighted by molar-refractivity contribution is 8.93. The lowest BCUT2D eigenvalue weighted by atomic mass is 10.0. The van der Waals surface area contributed by atoms with Gasteiger partial charge in [0.25, 0.3) is 0 Å². The molecule has 35 heavy (non-hydrogen) atoms. The maximum atomic E-state index is 9.25. The van der Waals surface area contributed by atoms with E-state index in [9.17, 15) is 5.41 Å². The number of imidazole rings is 1. The first-order valence-electron chi connectivity index (χ1n) is 11.8. The van der Waals surface area contributed by atoms with Gasteiger partial charge in [-0.3, -0.25) is 9.98 Å². The monoisotopic (exact) mass is 538 g/mol. The molecule has 4 rings (SSSR count). The summed E-state index contributed by atoms with van der Waals surface area (Å²) in [5, 5.41) is 9.25. The maximum Gasteiger partial charge on any atom is 0.205 e. The Bertz CT molecular complexity index is 1280. The molecule has 0 saturated carbocycles. The minimum atomic E-state index is -0.0732. The average Bonchev–Trinajstić information content (AvgIpc) is 3.14. The minimum absolute atomic E-state index is 0. The van der Waals surface area contributed by atoms with Crippen molar-refractivity contribution in [2.24, 2.45) is 0 Å². The van der Waals surface area contributed by atoms with Crippen molar-refractivity contribution in [2.75, 3.05) is 26.9 Å². The zero-order valence-electron chi connectivity index (χ0n) is 20.9. The van der Waals surface area contributed by atoms with Gasteiger partial charge in [-0.25, -0.2) is 4.98 Å². The summed E-state index contributed by atoms with van der Waals surface area (Å²) in [6.07, 6.45) is 2.55. The van der Waals surface area contributed by atoms with Crippen LogP contribution in [0.2, 0.25) is 0 Å². The minimum Gasteiger partial charge on any atom is -0.382 e. The van der Waals surface area contributed by atoms with Gasteiger partial charge in [0, 0.05) is 13.3 Å². The Balaban J connectivity index is 0.00000342. The van der Waals surface area contributed by atoms with Crippen LogP contribution in [0.25, 0.3) is 11.2 Å². The standard InChI is InChI=1S/C28H34N4O2.BrH/c1-20-7-11-23(12-8-20)18-25(19-34-17-16-33-4)32-27-26(6-5-15-30-27)31(28(32)29)22(3)24-13-9-21(2)10-14-24;/h5-15,22,25,29H,16-19H2,1-4H3;1H. The molecule has 6 nitrogen and oxygen atoms in total. The number of rotatable bonds is 10. The van der Waals surface area contributed by atoms with Crippen molar-refractivity contribution in [2.45, 2.75) is 39.3 Å². The van der Waals surface area contributed by atoms with E-state index in [1.54, 1.807) is 13.3 Å². The third kappa shape index (κ3) is 6.10. The molecule has 2 atom stereocenters. The maximum absolute atomic E-state index is 9.25. The van der Waals surface area contributed by atoms with Gasteiger partial charge in [0.1, 0.15) is 0 Å². The fourth-order valence-corrected chi connectivity index (χ4v) is 4.41. The molecule has 0 spiro atoms. The molecule has 0 aliphatic carbocycles. The normalized spacial score (nSPS) is 12.9. The number of ether oxygens (including phenoxy) is 2. The van der Waals surface area contributed by atoms with Crippen molar-refractivity contribution in [3.63, 3.8) is 0 Å². The summed E-state index contributed by atoms with van der Waals surface area (Å²) in [6, 6.07) is 21.0. The van der Waals surface area contributed by atoms with Crippen LogP contribution in [-0.2, 0) is 15.9 Å². The van der Waals surface area contributed by atoms with Gasteiger partial charge in [0.2, 0.25) is 5.62 Å². The van der Waals surface area contributed by atoms with E-state index in [0.29, 0.717) is 25.4 Å². The van der Waals surface area contributed by atoms with Crippen LogP contribution in [0.1, 0.15) is 41.3 Å². The Morgan fingerprint density at radius 2 is 1.57 bits per heavy atom. The zero-order chi connectivity index (χ0) is 24.1. The summed E-state index contributed by atoms with van der Waals surface area (Å²) in [7, 11) is 1.67. The second-order valence-electron chi connectivity index (χ2n) is 8.91. The highest BCUT2D eigenvalue weighted by atomic mass is 79.9. The molecule has 1 N–H and O–H groups in total. The van der Waals surface area contributed by atoms with E-state index in [4.69, 9.17) is 14.5 Å². The Labute approximate surface area is 217 Å². The molecule has 2 heterocycles. The summed E-state index contributed by atoms with van der Waals surface area (Å²) < 4.78 is 15.3. The van der Waals surface area contributed by atoms with Crippen LogP contribution in [0.4, 0.5) is 0 Å². The van der Waals surface area contributed by atoms with Crippen LogP contribution in [0.15, 0.2) is 66.9 Å².